The number of aryl methyl sites for hydroxylation is 1. The average Bonchev–Trinajstić information content (AvgIpc) is 3.25. The predicted octanol–water partition coefficient (Wildman–Crippen LogP) is 3.58. The molecule has 2 aliphatic carbocycles. The lowest BCUT2D eigenvalue weighted by molar-refractivity contribution is -0.121. The van der Waals surface area contributed by atoms with Gasteiger partial charge in [0.25, 0.3) is 0 Å². The fourth-order valence-electron chi connectivity index (χ4n) is 3.83. The molecule has 0 aromatic heterocycles. The largest absolute Gasteiger partial charge is 0.353 e. The van der Waals surface area contributed by atoms with Gasteiger partial charge in [0.15, 0.2) is 0 Å². The lowest BCUT2D eigenvalue weighted by Crippen LogP contribution is -2.30. The van der Waals surface area contributed by atoms with Crippen molar-refractivity contribution in [3.8, 4) is 0 Å². The summed E-state index contributed by atoms with van der Waals surface area (Å²) >= 11 is 0. The SMILES string of the molecule is C=CC(=O)Nc1ccc(CCC(=O)NC2CC23CCCCC3)cc1. The molecule has 1 spiro atoms. The molecule has 4 nitrogen and oxygen atoms in total. The maximum absolute atomic E-state index is 12.2. The molecule has 1 unspecified atom stereocenters. The second kappa shape index (κ2) is 7.20. The number of carbonyl (C=O) groups is 2. The van der Waals surface area contributed by atoms with Crippen LogP contribution in [-0.4, -0.2) is 17.9 Å². The Bertz CT molecular complexity index is 615. The number of benzene rings is 1. The van der Waals surface area contributed by atoms with Crippen molar-refractivity contribution in [1.82, 2.24) is 5.32 Å². The van der Waals surface area contributed by atoms with E-state index < -0.39 is 0 Å². The summed E-state index contributed by atoms with van der Waals surface area (Å²) < 4.78 is 0. The van der Waals surface area contributed by atoms with Crippen LogP contribution in [0, 0.1) is 5.41 Å². The van der Waals surface area contributed by atoms with Crippen LogP contribution in [0.15, 0.2) is 36.9 Å². The Hall–Kier alpha value is -2.10. The van der Waals surface area contributed by atoms with Gasteiger partial charge in [0.05, 0.1) is 0 Å². The van der Waals surface area contributed by atoms with E-state index in [9.17, 15) is 9.59 Å². The van der Waals surface area contributed by atoms with E-state index in [0.29, 0.717) is 17.9 Å². The van der Waals surface area contributed by atoms with E-state index >= 15 is 0 Å². The Kier molecular flexibility index (Phi) is 5.03. The second-order valence-corrected chi connectivity index (χ2v) is 7.14. The van der Waals surface area contributed by atoms with Gasteiger partial charge in [-0.15, -0.1) is 0 Å². The normalized spacial score (nSPS) is 21.1. The van der Waals surface area contributed by atoms with Crippen molar-refractivity contribution < 1.29 is 9.59 Å². The molecule has 0 aliphatic heterocycles. The number of hydrogen-bond donors (Lipinski definition) is 2. The van der Waals surface area contributed by atoms with Gasteiger partial charge >= 0.3 is 0 Å². The Morgan fingerprint density at radius 2 is 1.88 bits per heavy atom. The summed E-state index contributed by atoms with van der Waals surface area (Å²) in [6, 6.07) is 8.03. The van der Waals surface area contributed by atoms with Gasteiger partial charge in [0.1, 0.15) is 0 Å². The summed E-state index contributed by atoms with van der Waals surface area (Å²) in [5, 5.41) is 5.94. The van der Waals surface area contributed by atoms with Crippen molar-refractivity contribution in [1.29, 1.82) is 0 Å². The highest BCUT2D eigenvalue weighted by atomic mass is 16.2. The minimum absolute atomic E-state index is 0.159. The van der Waals surface area contributed by atoms with Crippen molar-refractivity contribution in [3.63, 3.8) is 0 Å². The Labute approximate surface area is 143 Å². The zero-order chi connectivity index (χ0) is 17.0. The first kappa shape index (κ1) is 16.7. The van der Waals surface area contributed by atoms with Crippen LogP contribution in [0.1, 0.15) is 50.5 Å². The molecule has 2 amide bonds. The molecule has 1 aromatic rings. The van der Waals surface area contributed by atoms with Gasteiger partial charge in [-0.3, -0.25) is 9.59 Å². The van der Waals surface area contributed by atoms with Crippen LogP contribution in [0.4, 0.5) is 5.69 Å². The van der Waals surface area contributed by atoms with Crippen LogP contribution >= 0.6 is 0 Å². The number of carbonyl (C=O) groups excluding carboxylic acids is 2. The summed E-state index contributed by atoms with van der Waals surface area (Å²) in [6.45, 7) is 3.43. The standard InChI is InChI=1S/C20H26N2O2/c1-2-18(23)21-16-9-6-15(7-10-16)8-11-19(24)22-17-14-20(17)12-4-3-5-13-20/h2,6-7,9-10,17H,1,3-5,8,11-14H2,(H,21,23)(H,22,24). The van der Waals surface area contributed by atoms with Crippen LogP contribution < -0.4 is 10.6 Å². The van der Waals surface area contributed by atoms with Crippen LogP contribution in [0.25, 0.3) is 0 Å². The third-order valence-corrected chi connectivity index (χ3v) is 5.42. The minimum Gasteiger partial charge on any atom is -0.353 e. The predicted molar refractivity (Wildman–Crippen MR) is 95.7 cm³/mol. The fraction of sp³-hybridized carbons (Fsp3) is 0.500. The second-order valence-electron chi connectivity index (χ2n) is 7.14. The Morgan fingerprint density at radius 1 is 1.17 bits per heavy atom. The highest BCUT2D eigenvalue weighted by Gasteiger charge is 2.54. The fourth-order valence-corrected chi connectivity index (χ4v) is 3.83. The van der Waals surface area contributed by atoms with Gasteiger partial charge < -0.3 is 10.6 Å². The highest BCUT2D eigenvalue weighted by molar-refractivity contribution is 5.98. The first-order valence-corrected chi connectivity index (χ1v) is 8.93. The quantitative estimate of drug-likeness (QED) is 0.785. The Morgan fingerprint density at radius 3 is 2.54 bits per heavy atom. The Balaban J connectivity index is 1.41. The van der Waals surface area contributed by atoms with E-state index in [1.807, 2.05) is 24.3 Å². The molecule has 2 saturated carbocycles. The van der Waals surface area contributed by atoms with Crippen molar-refractivity contribution in [2.45, 2.75) is 57.4 Å². The maximum Gasteiger partial charge on any atom is 0.247 e. The van der Waals surface area contributed by atoms with Crippen molar-refractivity contribution in [2.24, 2.45) is 5.41 Å². The summed E-state index contributed by atoms with van der Waals surface area (Å²) in [5.74, 6) is -0.0605. The number of anilines is 1. The van der Waals surface area contributed by atoms with E-state index in [1.54, 1.807) is 0 Å². The molecule has 3 rings (SSSR count). The molecule has 2 fully saturated rings. The molecular formula is C20H26N2O2. The summed E-state index contributed by atoms with van der Waals surface area (Å²) in [7, 11) is 0. The maximum atomic E-state index is 12.2. The summed E-state index contributed by atoms with van der Waals surface area (Å²) in [5.41, 5.74) is 2.29. The van der Waals surface area contributed by atoms with Crippen LogP contribution in [-0.2, 0) is 16.0 Å². The van der Waals surface area contributed by atoms with Gasteiger partial charge in [0, 0.05) is 18.2 Å². The lowest BCUT2D eigenvalue weighted by Gasteiger charge is -2.22. The molecule has 2 aliphatic rings. The van der Waals surface area contributed by atoms with Crippen molar-refractivity contribution >= 4 is 17.5 Å². The van der Waals surface area contributed by atoms with Crippen LogP contribution in [0.2, 0.25) is 0 Å². The first-order chi connectivity index (χ1) is 11.6. The van der Waals surface area contributed by atoms with Gasteiger partial charge in [-0.05, 0) is 54.9 Å². The first-order valence-electron chi connectivity index (χ1n) is 8.93. The topological polar surface area (TPSA) is 58.2 Å². The average molecular weight is 326 g/mol. The molecule has 24 heavy (non-hydrogen) atoms. The molecule has 4 heteroatoms. The number of nitrogens with one attached hydrogen (secondary N) is 2. The zero-order valence-electron chi connectivity index (χ0n) is 14.1. The molecule has 1 aromatic carbocycles. The molecule has 0 saturated heterocycles. The lowest BCUT2D eigenvalue weighted by atomic mass is 9.86. The number of hydrogen-bond acceptors (Lipinski definition) is 2. The van der Waals surface area contributed by atoms with Crippen molar-refractivity contribution in [2.75, 3.05) is 5.32 Å². The van der Waals surface area contributed by atoms with Gasteiger partial charge in [-0.25, -0.2) is 0 Å². The van der Waals surface area contributed by atoms with E-state index in [4.69, 9.17) is 0 Å². The molecule has 0 bridgehead atoms. The molecular weight excluding hydrogens is 300 g/mol. The van der Waals surface area contributed by atoms with Gasteiger partial charge in [-0.2, -0.15) is 0 Å². The van der Waals surface area contributed by atoms with Crippen LogP contribution in [0.5, 0.6) is 0 Å². The highest BCUT2D eigenvalue weighted by Crippen LogP contribution is 2.56. The smallest absolute Gasteiger partial charge is 0.247 e. The van der Waals surface area contributed by atoms with Crippen molar-refractivity contribution in [3.05, 3.63) is 42.5 Å². The van der Waals surface area contributed by atoms with Gasteiger partial charge in [0.2, 0.25) is 11.8 Å². The van der Waals surface area contributed by atoms with E-state index in [1.165, 1.54) is 44.6 Å². The monoisotopic (exact) mass is 326 g/mol. The number of amides is 2. The van der Waals surface area contributed by atoms with E-state index in [2.05, 4.69) is 17.2 Å². The van der Waals surface area contributed by atoms with Gasteiger partial charge in [-0.1, -0.05) is 38.0 Å². The summed E-state index contributed by atoms with van der Waals surface area (Å²) in [6.07, 6.45) is 10.2. The van der Waals surface area contributed by atoms with E-state index in [-0.39, 0.29) is 11.8 Å². The third-order valence-electron chi connectivity index (χ3n) is 5.42. The molecule has 0 radical (unpaired) electrons. The zero-order valence-corrected chi connectivity index (χ0v) is 14.1. The molecule has 2 N–H and O–H groups in total. The molecule has 1 atom stereocenters. The summed E-state index contributed by atoms with van der Waals surface area (Å²) in [4.78, 5) is 23.4. The minimum atomic E-state index is -0.219. The van der Waals surface area contributed by atoms with Crippen LogP contribution in [0.3, 0.4) is 0 Å². The molecule has 128 valence electrons. The van der Waals surface area contributed by atoms with E-state index in [0.717, 1.165) is 17.7 Å². The number of rotatable bonds is 6. The molecule has 0 heterocycles. The third kappa shape index (κ3) is 4.05.